The molecule has 0 amide bonds. The second-order valence-corrected chi connectivity index (χ2v) is 4.72. The number of nitrogens with one attached hydrogen (secondary N) is 1. The number of hydrogen-bond donors (Lipinski definition) is 2. The quantitative estimate of drug-likeness (QED) is 0.833. The van der Waals surface area contributed by atoms with E-state index in [4.69, 9.17) is 0 Å². The molecule has 0 aliphatic carbocycles. The van der Waals surface area contributed by atoms with E-state index in [1.165, 1.54) is 24.1 Å². The van der Waals surface area contributed by atoms with Crippen molar-refractivity contribution in [1.29, 1.82) is 0 Å². The number of piperidine rings is 1. The predicted octanol–water partition coefficient (Wildman–Crippen LogP) is 1.76. The molecule has 1 aliphatic rings. The third-order valence-electron chi connectivity index (χ3n) is 3.49. The Morgan fingerprint density at radius 3 is 2.71 bits per heavy atom. The summed E-state index contributed by atoms with van der Waals surface area (Å²) in [7, 11) is 1.96. The molecule has 0 saturated carbocycles. The van der Waals surface area contributed by atoms with Gasteiger partial charge in [-0.15, -0.1) is 0 Å². The molecule has 0 radical (unpaired) electrons. The second-order valence-electron chi connectivity index (χ2n) is 4.72. The van der Waals surface area contributed by atoms with Crippen LogP contribution in [0.4, 0.5) is 5.69 Å². The summed E-state index contributed by atoms with van der Waals surface area (Å²) in [4.78, 5) is 2.34. The molecule has 1 aliphatic heterocycles. The SMILES string of the molecule is CNCc1ccc(N2CCCCC2CO)cc1. The normalized spacial score (nSPS) is 20.6. The minimum atomic E-state index is 0.262. The van der Waals surface area contributed by atoms with E-state index in [1.807, 2.05) is 7.05 Å². The van der Waals surface area contributed by atoms with Gasteiger partial charge < -0.3 is 15.3 Å². The Bertz CT molecular complexity index is 337. The molecule has 1 fully saturated rings. The summed E-state index contributed by atoms with van der Waals surface area (Å²) in [5, 5.41) is 12.6. The molecule has 1 atom stereocenters. The Morgan fingerprint density at radius 2 is 2.06 bits per heavy atom. The maximum atomic E-state index is 9.41. The molecule has 3 heteroatoms. The first-order valence-electron chi connectivity index (χ1n) is 6.46. The van der Waals surface area contributed by atoms with Crippen molar-refractivity contribution in [3.8, 4) is 0 Å². The molecule has 1 heterocycles. The van der Waals surface area contributed by atoms with Gasteiger partial charge in [0.15, 0.2) is 0 Å². The number of anilines is 1. The van der Waals surface area contributed by atoms with Gasteiger partial charge in [-0.25, -0.2) is 0 Å². The van der Waals surface area contributed by atoms with Gasteiger partial charge in [-0.1, -0.05) is 12.1 Å². The highest BCUT2D eigenvalue weighted by atomic mass is 16.3. The van der Waals surface area contributed by atoms with Crippen LogP contribution in [0.5, 0.6) is 0 Å². The summed E-state index contributed by atoms with van der Waals surface area (Å²) >= 11 is 0. The Hall–Kier alpha value is -1.06. The van der Waals surface area contributed by atoms with Crippen molar-refractivity contribution in [3.63, 3.8) is 0 Å². The fourth-order valence-corrected chi connectivity index (χ4v) is 2.54. The van der Waals surface area contributed by atoms with Gasteiger partial charge in [0.25, 0.3) is 0 Å². The molecule has 0 aromatic heterocycles. The maximum Gasteiger partial charge on any atom is 0.0635 e. The van der Waals surface area contributed by atoms with Gasteiger partial charge in [-0.3, -0.25) is 0 Å². The zero-order chi connectivity index (χ0) is 12.1. The molecule has 2 N–H and O–H groups in total. The number of rotatable bonds is 4. The lowest BCUT2D eigenvalue weighted by Crippen LogP contribution is -2.41. The lowest BCUT2D eigenvalue weighted by Gasteiger charge is -2.36. The highest BCUT2D eigenvalue weighted by Gasteiger charge is 2.21. The Kier molecular flexibility index (Phi) is 4.40. The van der Waals surface area contributed by atoms with Crippen LogP contribution in [0.1, 0.15) is 24.8 Å². The highest BCUT2D eigenvalue weighted by Crippen LogP contribution is 2.24. The summed E-state index contributed by atoms with van der Waals surface area (Å²) in [6.07, 6.45) is 3.57. The molecule has 0 bridgehead atoms. The van der Waals surface area contributed by atoms with Crippen LogP contribution in [-0.2, 0) is 6.54 Å². The average molecular weight is 234 g/mol. The van der Waals surface area contributed by atoms with E-state index in [0.29, 0.717) is 6.04 Å². The largest absolute Gasteiger partial charge is 0.394 e. The summed E-state index contributed by atoms with van der Waals surface area (Å²) in [6, 6.07) is 8.96. The smallest absolute Gasteiger partial charge is 0.0635 e. The first-order chi connectivity index (χ1) is 8.35. The van der Waals surface area contributed by atoms with E-state index in [0.717, 1.165) is 19.5 Å². The summed E-state index contributed by atoms with van der Waals surface area (Å²) in [5.41, 5.74) is 2.54. The molecule has 1 aromatic rings. The number of nitrogens with zero attached hydrogens (tertiary/aromatic N) is 1. The minimum Gasteiger partial charge on any atom is -0.394 e. The van der Waals surface area contributed by atoms with E-state index in [2.05, 4.69) is 34.5 Å². The monoisotopic (exact) mass is 234 g/mol. The Labute approximate surface area is 103 Å². The van der Waals surface area contributed by atoms with Gasteiger partial charge in [0.1, 0.15) is 0 Å². The lowest BCUT2D eigenvalue weighted by atomic mass is 10.0. The molecule has 1 saturated heterocycles. The Balaban J connectivity index is 2.09. The van der Waals surface area contributed by atoms with Gasteiger partial charge in [-0.2, -0.15) is 0 Å². The molecule has 0 spiro atoms. The van der Waals surface area contributed by atoms with Crippen LogP contribution in [0.2, 0.25) is 0 Å². The summed E-state index contributed by atoms with van der Waals surface area (Å²) < 4.78 is 0. The number of aliphatic hydroxyl groups excluding tert-OH is 1. The van der Waals surface area contributed by atoms with Crippen LogP contribution in [0.25, 0.3) is 0 Å². The number of benzene rings is 1. The van der Waals surface area contributed by atoms with Crippen molar-refractivity contribution < 1.29 is 5.11 Å². The maximum absolute atomic E-state index is 9.41. The topological polar surface area (TPSA) is 35.5 Å². The van der Waals surface area contributed by atoms with Crippen LogP contribution < -0.4 is 10.2 Å². The third kappa shape index (κ3) is 2.99. The first kappa shape index (κ1) is 12.4. The fourth-order valence-electron chi connectivity index (χ4n) is 2.54. The van der Waals surface area contributed by atoms with Gasteiger partial charge in [0.2, 0.25) is 0 Å². The lowest BCUT2D eigenvalue weighted by molar-refractivity contribution is 0.240. The molecule has 1 aromatic carbocycles. The first-order valence-corrected chi connectivity index (χ1v) is 6.46. The van der Waals surface area contributed by atoms with Gasteiger partial charge in [0, 0.05) is 18.8 Å². The minimum absolute atomic E-state index is 0.262. The van der Waals surface area contributed by atoms with E-state index >= 15 is 0 Å². The third-order valence-corrected chi connectivity index (χ3v) is 3.49. The zero-order valence-electron chi connectivity index (χ0n) is 10.5. The second kappa shape index (κ2) is 6.03. The van der Waals surface area contributed by atoms with E-state index in [9.17, 15) is 5.11 Å². The van der Waals surface area contributed by atoms with E-state index in [-0.39, 0.29) is 6.61 Å². The van der Waals surface area contributed by atoms with Crippen LogP contribution >= 0.6 is 0 Å². The predicted molar refractivity (Wildman–Crippen MR) is 71.3 cm³/mol. The van der Waals surface area contributed by atoms with Crippen molar-refractivity contribution >= 4 is 5.69 Å². The molecular formula is C14H22N2O. The van der Waals surface area contributed by atoms with Crippen LogP contribution in [0.3, 0.4) is 0 Å². The van der Waals surface area contributed by atoms with Crippen LogP contribution in [0, 0.1) is 0 Å². The van der Waals surface area contributed by atoms with E-state index < -0.39 is 0 Å². The number of aliphatic hydroxyl groups is 1. The van der Waals surface area contributed by atoms with Crippen molar-refractivity contribution in [2.45, 2.75) is 31.8 Å². The molecule has 2 rings (SSSR count). The zero-order valence-corrected chi connectivity index (χ0v) is 10.5. The van der Waals surface area contributed by atoms with Gasteiger partial charge in [0.05, 0.1) is 12.6 Å². The van der Waals surface area contributed by atoms with Crippen molar-refractivity contribution in [2.24, 2.45) is 0 Å². The van der Waals surface area contributed by atoms with Crippen LogP contribution in [-0.4, -0.2) is 31.3 Å². The van der Waals surface area contributed by atoms with Crippen molar-refractivity contribution in [1.82, 2.24) is 5.32 Å². The molecule has 94 valence electrons. The van der Waals surface area contributed by atoms with Crippen LogP contribution in [0.15, 0.2) is 24.3 Å². The molecular weight excluding hydrogens is 212 g/mol. The standard InChI is InChI=1S/C14H22N2O/c1-15-10-12-5-7-13(8-6-12)16-9-3-2-4-14(16)11-17/h5-8,14-15,17H,2-4,9-11H2,1H3. The fraction of sp³-hybridized carbons (Fsp3) is 0.571. The van der Waals surface area contributed by atoms with Gasteiger partial charge >= 0.3 is 0 Å². The Morgan fingerprint density at radius 1 is 1.29 bits per heavy atom. The molecule has 17 heavy (non-hydrogen) atoms. The summed E-state index contributed by atoms with van der Waals surface area (Å²) in [5.74, 6) is 0. The highest BCUT2D eigenvalue weighted by molar-refractivity contribution is 5.49. The average Bonchev–Trinajstić information content (AvgIpc) is 2.40. The molecule has 3 nitrogen and oxygen atoms in total. The van der Waals surface area contributed by atoms with Crippen molar-refractivity contribution in [2.75, 3.05) is 25.1 Å². The summed E-state index contributed by atoms with van der Waals surface area (Å²) in [6.45, 7) is 2.23. The van der Waals surface area contributed by atoms with E-state index in [1.54, 1.807) is 0 Å². The number of hydrogen-bond acceptors (Lipinski definition) is 3. The van der Waals surface area contributed by atoms with Gasteiger partial charge in [-0.05, 0) is 44.0 Å². The molecule has 1 unspecified atom stereocenters. The van der Waals surface area contributed by atoms with Crippen molar-refractivity contribution in [3.05, 3.63) is 29.8 Å².